The number of aromatic amines is 1. The highest BCUT2D eigenvalue weighted by molar-refractivity contribution is 7.14. The molecule has 2 aromatic heterocycles. The number of aromatic nitrogens is 2. The smallest absolute Gasteiger partial charge is 0.185 e. The van der Waals surface area contributed by atoms with Gasteiger partial charge < -0.3 is 14.8 Å². The zero-order valence-electron chi connectivity index (χ0n) is 16.1. The molecule has 4 aromatic rings. The third-order valence-corrected chi connectivity index (χ3v) is 6.26. The molecular formula is C22H22ClFN4S. The van der Waals surface area contributed by atoms with Gasteiger partial charge in [0.1, 0.15) is 5.82 Å². The van der Waals surface area contributed by atoms with Gasteiger partial charge in [-0.1, -0.05) is 18.2 Å². The lowest BCUT2D eigenvalue weighted by molar-refractivity contribution is 0.313. The van der Waals surface area contributed by atoms with E-state index in [1.54, 1.807) is 11.3 Å². The third-order valence-electron chi connectivity index (χ3n) is 5.36. The molecule has 4 nitrogen and oxygen atoms in total. The van der Waals surface area contributed by atoms with Gasteiger partial charge in [0, 0.05) is 48.0 Å². The molecule has 1 saturated heterocycles. The zero-order chi connectivity index (χ0) is 19.1. The first-order chi connectivity index (χ1) is 13.7. The molecule has 2 aromatic carbocycles. The van der Waals surface area contributed by atoms with E-state index in [2.05, 4.69) is 39.3 Å². The molecule has 5 rings (SSSR count). The number of H-pyrrole nitrogens is 1. The Hall–Kier alpha value is -2.41. The van der Waals surface area contributed by atoms with Gasteiger partial charge in [-0.05, 0) is 42.9 Å². The minimum Gasteiger partial charge on any atom is -0.354 e. The first kappa shape index (κ1) is 19.9. The summed E-state index contributed by atoms with van der Waals surface area (Å²) in [4.78, 5) is 13.2. The van der Waals surface area contributed by atoms with E-state index in [1.165, 1.54) is 12.1 Å². The standard InChI is InChI=1S/C22H21FN4S.ClH/c1-26-10-12-27(13-11-26)22-25-19(14-28-22)20-17-4-2-3-5-18(17)24-21(20)15-6-8-16(23)9-7-15;/h2-9,14,24H,10-13H2,1H3;1H. The van der Waals surface area contributed by atoms with E-state index in [1.807, 2.05) is 24.3 Å². The van der Waals surface area contributed by atoms with E-state index in [4.69, 9.17) is 4.98 Å². The molecule has 0 bridgehead atoms. The number of anilines is 1. The summed E-state index contributed by atoms with van der Waals surface area (Å²) in [5.74, 6) is -0.229. The van der Waals surface area contributed by atoms with Crippen molar-refractivity contribution in [3.8, 4) is 22.5 Å². The Balaban J connectivity index is 0.00000205. The molecule has 0 amide bonds. The third kappa shape index (κ3) is 3.75. The lowest BCUT2D eigenvalue weighted by Gasteiger charge is -2.32. The average Bonchev–Trinajstić information content (AvgIpc) is 3.33. The second kappa shape index (κ2) is 8.14. The summed E-state index contributed by atoms with van der Waals surface area (Å²) in [5, 5.41) is 4.34. The van der Waals surface area contributed by atoms with Crippen LogP contribution >= 0.6 is 23.7 Å². The second-order valence-corrected chi connectivity index (χ2v) is 8.07. The molecule has 0 unspecified atom stereocenters. The van der Waals surface area contributed by atoms with Gasteiger partial charge in [0.25, 0.3) is 0 Å². The largest absolute Gasteiger partial charge is 0.354 e. The molecule has 1 fully saturated rings. The molecule has 3 heterocycles. The highest BCUT2D eigenvalue weighted by atomic mass is 35.5. The van der Waals surface area contributed by atoms with E-state index in [-0.39, 0.29) is 18.2 Å². The minimum atomic E-state index is -0.229. The SMILES string of the molecule is CN1CCN(c2nc(-c3c(-c4ccc(F)cc4)[nH]c4ccccc34)cs2)CC1.Cl. The van der Waals surface area contributed by atoms with Crippen LogP contribution in [0.2, 0.25) is 0 Å². The van der Waals surface area contributed by atoms with Crippen LogP contribution in [0.5, 0.6) is 0 Å². The maximum Gasteiger partial charge on any atom is 0.185 e. The Kier molecular flexibility index (Phi) is 5.58. The van der Waals surface area contributed by atoms with E-state index >= 15 is 0 Å². The Labute approximate surface area is 179 Å². The quantitative estimate of drug-likeness (QED) is 0.482. The van der Waals surface area contributed by atoms with Crippen molar-refractivity contribution in [2.45, 2.75) is 0 Å². The summed E-state index contributed by atoms with van der Waals surface area (Å²) in [7, 11) is 2.16. The van der Waals surface area contributed by atoms with Crippen molar-refractivity contribution in [2.24, 2.45) is 0 Å². The number of nitrogens with zero attached hydrogens (tertiary/aromatic N) is 3. The number of fused-ring (bicyclic) bond motifs is 1. The van der Waals surface area contributed by atoms with Crippen LogP contribution in [0.25, 0.3) is 33.4 Å². The zero-order valence-corrected chi connectivity index (χ0v) is 17.7. The molecule has 0 aliphatic carbocycles. The van der Waals surface area contributed by atoms with Crippen LogP contribution in [-0.4, -0.2) is 48.1 Å². The number of hydrogen-bond acceptors (Lipinski definition) is 4. The number of halogens is 2. The molecule has 7 heteroatoms. The summed E-state index contributed by atoms with van der Waals surface area (Å²) in [6, 6.07) is 14.9. The molecule has 29 heavy (non-hydrogen) atoms. The number of likely N-dealkylation sites (N-methyl/N-ethyl adjacent to an activating group) is 1. The number of rotatable bonds is 3. The fourth-order valence-corrected chi connectivity index (χ4v) is 4.63. The first-order valence-electron chi connectivity index (χ1n) is 9.45. The highest BCUT2D eigenvalue weighted by Crippen LogP contribution is 2.39. The maximum absolute atomic E-state index is 13.4. The average molecular weight is 429 g/mol. The number of para-hydroxylation sites is 1. The van der Waals surface area contributed by atoms with Gasteiger partial charge in [-0.25, -0.2) is 9.37 Å². The monoisotopic (exact) mass is 428 g/mol. The van der Waals surface area contributed by atoms with Crippen molar-refractivity contribution in [3.63, 3.8) is 0 Å². The van der Waals surface area contributed by atoms with E-state index in [9.17, 15) is 4.39 Å². The van der Waals surface area contributed by atoms with Crippen LogP contribution < -0.4 is 4.90 Å². The van der Waals surface area contributed by atoms with Crippen LogP contribution in [-0.2, 0) is 0 Å². The fraction of sp³-hybridized carbons (Fsp3) is 0.227. The van der Waals surface area contributed by atoms with Crippen LogP contribution in [0.3, 0.4) is 0 Å². The summed E-state index contributed by atoms with van der Waals surface area (Å²) in [5.41, 5.74) is 5.05. The van der Waals surface area contributed by atoms with Gasteiger partial charge in [-0.3, -0.25) is 0 Å². The molecule has 0 atom stereocenters. The van der Waals surface area contributed by atoms with E-state index in [0.29, 0.717) is 0 Å². The van der Waals surface area contributed by atoms with Gasteiger partial charge in [-0.2, -0.15) is 0 Å². The first-order valence-corrected chi connectivity index (χ1v) is 10.3. The topological polar surface area (TPSA) is 35.2 Å². The molecule has 1 aliphatic rings. The number of hydrogen-bond donors (Lipinski definition) is 1. The van der Waals surface area contributed by atoms with E-state index in [0.717, 1.165) is 64.7 Å². The Morgan fingerprint density at radius 3 is 2.48 bits per heavy atom. The van der Waals surface area contributed by atoms with Crippen molar-refractivity contribution < 1.29 is 4.39 Å². The van der Waals surface area contributed by atoms with Crippen molar-refractivity contribution in [1.82, 2.24) is 14.9 Å². The number of benzene rings is 2. The molecular weight excluding hydrogens is 407 g/mol. The minimum absolute atomic E-state index is 0. The maximum atomic E-state index is 13.4. The Morgan fingerprint density at radius 2 is 1.72 bits per heavy atom. The molecule has 1 aliphatic heterocycles. The predicted octanol–water partition coefficient (Wildman–Crippen LogP) is 5.27. The summed E-state index contributed by atoms with van der Waals surface area (Å²) in [6.45, 7) is 4.12. The summed E-state index contributed by atoms with van der Waals surface area (Å²) < 4.78 is 13.4. The molecule has 1 N–H and O–H groups in total. The van der Waals surface area contributed by atoms with Gasteiger partial charge >= 0.3 is 0 Å². The van der Waals surface area contributed by atoms with Crippen LogP contribution in [0, 0.1) is 5.82 Å². The van der Waals surface area contributed by atoms with Crippen LogP contribution in [0.4, 0.5) is 9.52 Å². The van der Waals surface area contributed by atoms with Crippen molar-refractivity contribution in [2.75, 3.05) is 38.1 Å². The molecule has 0 radical (unpaired) electrons. The highest BCUT2D eigenvalue weighted by Gasteiger charge is 2.21. The lowest BCUT2D eigenvalue weighted by Crippen LogP contribution is -2.44. The second-order valence-electron chi connectivity index (χ2n) is 7.23. The van der Waals surface area contributed by atoms with E-state index < -0.39 is 0 Å². The Bertz CT molecular complexity index is 1110. The molecule has 150 valence electrons. The van der Waals surface area contributed by atoms with Crippen molar-refractivity contribution >= 4 is 39.8 Å². The number of thiazole rings is 1. The van der Waals surface area contributed by atoms with Crippen LogP contribution in [0.15, 0.2) is 53.9 Å². The normalized spacial score (nSPS) is 14.9. The summed E-state index contributed by atoms with van der Waals surface area (Å²) in [6.07, 6.45) is 0. The van der Waals surface area contributed by atoms with Crippen molar-refractivity contribution in [3.05, 3.63) is 59.7 Å². The molecule has 0 saturated carbocycles. The van der Waals surface area contributed by atoms with Crippen molar-refractivity contribution in [1.29, 1.82) is 0 Å². The number of piperazine rings is 1. The number of nitrogens with one attached hydrogen (secondary N) is 1. The fourth-order valence-electron chi connectivity index (χ4n) is 3.76. The van der Waals surface area contributed by atoms with Crippen LogP contribution in [0.1, 0.15) is 0 Å². The lowest BCUT2D eigenvalue weighted by atomic mass is 10.0. The Morgan fingerprint density at radius 1 is 1.00 bits per heavy atom. The van der Waals surface area contributed by atoms with Gasteiger partial charge in [0.15, 0.2) is 5.13 Å². The molecule has 0 spiro atoms. The summed E-state index contributed by atoms with van der Waals surface area (Å²) >= 11 is 1.69. The predicted molar refractivity (Wildman–Crippen MR) is 122 cm³/mol. The van der Waals surface area contributed by atoms with Gasteiger partial charge in [0.2, 0.25) is 0 Å². The van der Waals surface area contributed by atoms with Gasteiger partial charge in [-0.15, -0.1) is 23.7 Å². The van der Waals surface area contributed by atoms with Gasteiger partial charge in [0.05, 0.1) is 11.4 Å².